The van der Waals surface area contributed by atoms with E-state index < -0.39 is 34.8 Å². The Hall–Kier alpha value is -5.46. The molecule has 234 valence electrons. The third kappa shape index (κ3) is 4.14. The summed E-state index contributed by atoms with van der Waals surface area (Å²) in [6, 6.07) is 4.15. The lowest BCUT2D eigenvalue weighted by atomic mass is 9.93. The first-order valence-electron chi connectivity index (χ1n) is 14.9. The Morgan fingerprint density at radius 3 is 2.61 bits per heavy atom. The van der Waals surface area contributed by atoms with E-state index in [1.807, 2.05) is 13.8 Å². The van der Waals surface area contributed by atoms with Gasteiger partial charge in [0.25, 0.3) is 0 Å². The van der Waals surface area contributed by atoms with Crippen LogP contribution in [0, 0.1) is 25.5 Å². The van der Waals surface area contributed by atoms with E-state index in [9.17, 15) is 14.4 Å². The predicted octanol–water partition coefficient (Wildman–Crippen LogP) is 4.50. The number of aryl methyl sites for hydroxylation is 2. The normalized spacial score (nSPS) is 16.2. The van der Waals surface area contributed by atoms with Gasteiger partial charge in [-0.3, -0.25) is 24.2 Å². The molecule has 5 aromatic rings. The number of carbonyl (C=O) groups excluding carboxylic acids is 2. The minimum absolute atomic E-state index is 0.0458. The molecule has 1 atom stereocenters. The van der Waals surface area contributed by atoms with Gasteiger partial charge in [-0.15, -0.1) is 0 Å². The Balaban J connectivity index is 1.65. The topological polar surface area (TPSA) is 129 Å². The molecule has 3 aromatic heterocycles. The number of piperazine rings is 1. The van der Waals surface area contributed by atoms with Crippen LogP contribution < -0.4 is 15.9 Å². The molecule has 0 bridgehead atoms. The molecule has 0 spiro atoms. The van der Waals surface area contributed by atoms with Crippen molar-refractivity contribution in [2.24, 2.45) is 0 Å². The van der Waals surface area contributed by atoms with E-state index in [4.69, 9.17) is 0 Å². The third-order valence-corrected chi connectivity index (χ3v) is 8.89. The minimum Gasteiger partial charge on any atom is -0.340 e. The standard InChI is InChI=1S/C33H30F2N8O3/c1-6-21(44)41-11-12-42-20(14-41)32(45)38-28-24-30(26(35)23(25(28)34)22-16(4)7-8-19-18(22)13-37-40-19)43(33(46)39-31(24)42)29-17(5)9-10-36-27(29)15(2)3/h6-10,13,15,20H,1,11-12,14H2,2-5H3,(H,37,40)(H,38,45). The molecule has 2 N–H and O–H groups in total. The fourth-order valence-electron chi connectivity index (χ4n) is 6.69. The number of hydrogen-bond acceptors (Lipinski definition) is 7. The monoisotopic (exact) mass is 624 g/mol. The van der Waals surface area contributed by atoms with Crippen LogP contribution in [0.2, 0.25) is 0 Å². The van der Waals surface area contributed by atoms with Gasteiger partial charge in [0.05, 0.1) is 46.3 Å². The van der Waals surface area contributed by atoms with Crippen molar-refractivity contribution in [2.75, 3.05) is 29.9 Å². The van der Waals surface area contributed by atoms with Gasteiger partial charge in [-0.1, -0.05) is 26.5 Å². The molecule has 0 aliphatic carbocycles. The average molecular weight is 625 g/mol. The van der Waals surface area contributed by atoms with Crippen LogP contribution in [0.1, 0.15) is 36.6 Å². The number of hydrogen-bond donors (Lipinski definition) is 2. The molecule has 1 unspecified atom stereocenters. The predicted molar refractivity (Wildman–Crippen MR) is 170 cm³/mol. The number of H-pyrrole nitrogens is 1. The van der Waals surface area contributed by atoms with Crippen LogP contribution in [-0.4, -0.2) is 67.1 Å². The molecule has 2 amide bonds. The highest BCUT2D eigenvalue weighted by Gasteiger charge is 2.41. The van der Waals surface area contributed by atoms with E-state index in [0.29, 0.717) is 33.4 Å². The number of pyridine rings is 1. The largest absolute Gasteiger partial charge is 0.354 e. The first-order valence-corrected chi connectivity index (χ1v) is 14.9. The van der Waals surface area contributed by atoms with Gasteiger partial charge in [-0.25, -0.2) is 13.6 Å². The van der Waals surface area contributed by atoms with E-state index in [0.717, 1.165) is 10.6 Å². The Kier molecular flexibility index (Phi) is 6.72. The van der Waals surface area contributed by atoms with Gasteiger partial charge in [-0.05, 0) is 49.1 Å². The molecule has 5 heterocycles. The van der Waals surface area contributed by atoms with Crippen molar-refractivity contribution in [1.82, 2.24) is 29.6 Å². The highest BCUT2D eigenvalue weighted by molar-refractivity contribution is 6.14. The van der Waals surface area contributed by atoms with Crippen molar-refractivity contribution in [3.63, 3.8) is 0 Å². The Morgan fingerprint density at radius 1 is 1.09 bits per heavy atom. The van der Waals surface area contributed by atoms with Crippen LogP contribution in [0.25, 0.3) is 38.6 Å². The molecule has 2 aromatic carbocycles. The van der Waals surface area contributed by atoms with Gasteiger partial charge >= 0.3 is 5.69 Å². The van der Waals surface area contributed by atoms with Crippen molar-refractivity contribution >= 4 is 45.1 Å². The molecule has 1 saturated heterocycles. The second-order valence-electron chi connectivity index (χ2n) is 11.9. The smallest absolute Gasteiger partial charge is 0.340 e. The molecule has 0 saturated carbocycles. The zero-order valence-electron chi connectivity index (χ0n) is 25.6. The molecule has 0 radical (unpaired) electrons. The minimum atomic E-state index is -1.03. The number of aromatic nitrogens is 5. The quantitative estimate of drug-likeness (QED) is 0.282. The Morgan fingerprint density at radius 2 is 1.87 bits per heavy atom. The summed E-state index contributed by atoms with van der Waals surface area (Å²) >= 11 is 0. The van der Waals surface area contributed by atoms with Gasteiger partial charge in [-0.2, -0.15) is 10.1 Å². The maximum absolute atomic E-state index is 17.5. The van der Waals surface area contributed by atoms with Crippen molar-refractivity contribution < 1.29 is 18.4 Å². The number of aromatic amines is 1. The van der Waals surface area contributed by atoms with Crippen LogP contribution in [0.4, 0.5) is 20.3 Å². The van der Waals surface area contributed by atoms with Crippen molar-refractivity contribution in [1.29, 1.82) is 0 Å². The van der Waals surface area contributed by atoms with E-state index in [1.165, 1.54) is 11.1 Å². The molecular formula is C33H30F2N8O3. The van der Waals surface area contributed by atoms with Gasteiger partial charge in [0.15, 0.2) is 11.6 Å². The Bertz CT molecular complexity index is 2210. The van der Waals surface area contributed by atoms with Gasteiger partial charge in [0, 0.05) is 30.2 Å². The molecule has 7 rings (SSSR count). The number of benzene rings is 2. The number of nitrogens with zero attached hydrogens (tertiary/aromatic N) is 6. The van der Waals surface area contributed by atoms with Gasteiger partial charge in [0.2, 0.25) is 11.8 Å². The van der Waals surface area contributed by atoms with Crippen LogP contribution in [0.3, 0.4) is 0 Å². The van der Waals surface area contributed by atoms with Crippen LogP contribution in [0.15, 0.2) is 48.0 Å². The molecule has 46 heavy (non-hydrogen) atoms. The van der Waals surface area contributed by atoms with Crippen LogP contribution in [-0.2, 0) is 9.59 Å². The summed E-state index contributed by atoms with van der Waals surface area (Å²) in [6.45, 7) is 11.0. The zero-order valence-corrected chi connectivity index (χ0v) is 25.6. The van der Waals surface area contributed by atoms with Gasteiger partial charge < -0.3 is 15.1 Å². The van der Waals surface area contributed by atoms with E-state index in [-0.39, 0.29) is 59.4 Å². The lowest BCUT2D eigenvalue weighted by molar-refractivity contribution is -0.128. The number of amides is 2. The summed E-state index contributed by atoms with van der Waals surface area (Å²) in [5.74, 6) is -3.24. The van der Waals surface area contributed by atoms with Crippen LogP contribution in [0.5, 0.6) is 0 Å². The summed E-state index contributed by atoms with van der Waals surface area (Å²) in [4.78, 5) is 52.5. The van der Waals surface area contributed by atoms with Crippen molar-refractivity contribution in [3.05, 3.63) is 82.2 Å². The summed E-state index contributed by atoms with van der Waals surface area (Å²) in [5.41, 5.74) is 1.01. The fraction of sp³-hybridized carbons (Fsp3) is 0.273. The van der Waals surface area contributed by atoms with Crippen LogP contribution >= 0.6 is 0 Å². The van der Waals surface area contributed by atoms with E-state index in [2.05, 4.69) is 32.1 Å². The lowest BCUT2D eigenvalue weighted by Crippen LogP contribution is -2.58. The fourth-order valence-corrected chi connectivity index (χ4v) is 6.69. The molecule has 11 nitrogen and oxygen atoms in total. The second-order valence-corrected chi connectivity index (χ2v) is 11.9. The molecule has 1 fully saturated rings. The first kappa shape index (κ1) is 29.3. The summed E-state index contributed by atoms with van der Waals surface area (Å²) in [6.07, 6.45) is 4.25. The number of carbonyl (C=O) groups is 2. The summed E-state index contributed by atoms with van der Waals surface area (Å²) < 4.78 is 35.8. The number of rotatable bonds is 4. The molecular weight excluding hydrogens is 594 g/mol. The number of nitrogens with one attached hydrogen (secondary N) is 2. The Labute approximate surface area is 261 Å². The highest BCUT2D eigenvalue weighted by Crippen LogP contribution is 2.46. The zero-order chi connectivity index (χ0) is 32.6. The summed E-state index contributed by atoms with van der Waals surface area (Å²) in [7, 11) is 0. The van der Waals surface area contributed by atoms with Crippen molar-refractivity contribution in [3.8, 4) is 16.8 Å². The van der Waals surface area contributed by atoms with E-state index in [1.54, 1.807) is 43.1 Å². The molecule has 2 aliphatic heterocycles. The molecule has 13 heteroatoms. The average Bonchev–Trinajstić information content (AvgIpc) is 3.47. The maximum Gasteiger partial charge on any atom is 0.354 e. The van der Waals surface area contributed by atoms with E-state index >= 15 is 8.78 Å². The highest BCUT2D eigenvalue weighted by atomic mass is 19.1. The number of anilines is 2. The van der Waals surface area contributed by atoms with Crippen molar-refractivity contribution in [2.45, 2.75) is 39.7 Å². The first-order chi connectivity index (χ1) is 22.0. The SMILES string of the molecule is C=CC(=O)N1CCN2c3nc(=O)n(-c4c(C)ccnc4C(C)C)c4c(F)c(-c5c(C)ccc6[nH]ncc56)c(F)c(c34)NC(=O)C2C1. The second kappa shape index (κ2) is 10.6. The molecule has 2 aliphatic rings. The third-order valence-electron chi connectivity index (χ3n) is 8.89. The van der Waals surface area contributed by atoms with Gasteiger partial charge in [0.1, 0.15) is 17.4 Å². The number of halogens is 2. The summed E-state index contributed by atoms with van der Waals surface area (Å²) in [5, 5.41) is 10.0. The number of fused-ring (bicyclic) bond motifs is 3. The maximum atomic E-state index is 17.5. The lowest BCUT2D eigenvalue weighted by Gasteiger charge is -2.40.